The molecule has 1 saturated heterocycles. The van der Waals surface area contributed by atoms with Crippen LogP contribution in [0.4, 0.5) is 30.6 Å². The van der Waals surface area contributed by atoms with Gasteiger partial charge in [-0.2, -0.15) is 5.26 Å². The van der Waals surface area contributed by atoms with E-state index in [4.69, 9.17) is 32.5 Å². The number of rotatable bonds is 23. The van der Waals surface area contributed by atoms with Crippen LogP contribution in [0.1, 0.15) is 52.1 Å². The second kappa shape index (κ2) is 28.4. The van der Waals surface area contributed by atoms with Gasteiger partial charge in [-0.05, 0) is 108 Å². The highest BCUT2D eigenvalue weighted by Crippen LogP contribution is 2.34. The van der Waals surface area contributed by atoms with E-state index in [1.54, 1.807) is 42.9 Å². The number of carbonyl (C=O) groups excluding carboxylic acids is 6. The Morgan fingerprint density at radius 1 is 0.800 bits per heavy atom. The van der Waals surface area contributed by atoms with E-state index in [0.29, 0.717) is 39.3 Å². The second-order valence-electron chi connectivity index (χ2n) is 19.6. The Morgan fingerprint density at radius 3 is 2.25 bits per heavy atom. The third-order valence-electron chi connectivity index (χ3n) is 13.5. The highest BCUT2D eigenvalue weighted by molar-refractivity contribution is 8.76. The number of likely N-dealkylation sites (tertiary alicyclic amines) is 1. The first-order chi connectivity index (χ1) is 40.8. The lowest BCUT2D eigenvalue weighted by atomic mass is 9.98. The molecule has 0 spiro atoms. The van der Waals surface area contributed by atoms with Crippen molar-refractivity contribution in [2.45, 2.75) is 64.3 Å². The maximum Gasteiger partial charge on any atom is 0.407 e. The fourth-order valence-corrected chi connectivity index (χ4v) is 11.2. The first-order valence-electron chi connectivity index (χ1n) is 26.4. The Hall–Kier alpha value is -9.12. The van der Waals surface area contributed by atoms with E-state index in [-0.39, 0.29) is 54.6 Å². The van der Waals surface area contributed by atoms with E-state index >= 15 is 0 Å². The smallest absolute Gasteiger partial charge is 0.407 e. The lowest BCUT2D eigenvalue weighted by Gasteiger charge is -2.19. The molecule has 3 aromatic carbocycles. The van der Waals surface area contributed by atoms with Gasteiger partial charge in [-0.1, -0.05) is 57.5 Å². The molecule has 0 aliphatic carbocycles. The van der Waals surface area contributed by atoms with E-state index in [9.17, 15) is 42.8 Å². The molecule has 8 rings (SSSR count). The van der Waals surface area contributed by atoms with E-state index in [1.807, 2.05) is 74.5 Å². The van der Waals surface area contributed by atoms with Crippen LogP contribution in [0.5, 0.6) is 5.88 Å². The molecule has 4 aromatic heterocycles. The molecule has 1 aliphatic heterocycles. The second-order valence-corrected chi connectivity index (χ2v) is 22.6. The van der Waals surface area contributed by atoms with Gasteiger partial charge < -0.3 is 52.4 Å². The standard InChI is InChI=1S/C59H58ClF2N13O8S2/c1-33-18-35(5-9-47(33)64)36-6-10-49(34(2)19-36)74-56(80)51(73-53(77)13-12-52(76)70-27-41-22-45(46(60)28-69-41)55(79)71-29-54(78)75-32-59(61,62)23-42(75)24-63)31-85-84-17-16-67-58(81)83-30-40-8-4-38(25-68-40)43-14-15-66-50-11-7-37(20-44(43)50)39-21-48(65)57(82-3)72-26-39/h4-11,14-15,18-22,25-26,28,42,51H,12-13,16-17,23,27,29-32,64-65H2,1-3H3,(H,67,81)(H,70,76)(H,71,79)(H,73,77)(H,74,80)/t42-,51?/m0/s1. The summed E-state index contributed by atoms with van der Waals surface area (Å²) in [7, 11) is 4.15. The number of benzene rings is 3. The number of nitriles is 1. The molecular formula is C59H58ClF2N13O8S2. The van der Waals surface area contributed by atoms with Crippen molar-refractivity contribution in [3.8, 4) is 45.3 Å². The maximum atomic E-state index is 13.9. The Bertz CT molecular complexity index is 3710. The van der Waals surface area contributed by atoms with Crippen molar-refractivity contribution in [1.82, 2.24) is 46.1 Å². The topological polar surface area (TPSA) is 312 Å². The molecule has 9 N–H and O–H groups in total. The van der Waals surface area contributed by atoms with E-state index < -0.39 is 73.1 Å². The monoisotopic (exact) mass is 1210 g/mol. The molecule has 26 heteroatoms. The maximum absolute atomic E-state index is 13.9. The van der Waals surface area contributed by atoms with Gasteiger partial charge in [0, 0.05) is 90.0 Å². The van der Waals surface area contributed by atoms with Gasteiger partial charge in [0.1, 0.15) is 18.7 Å². The van der Waals surface area contributed by atoms with Crippen LogP contribution in [0.3, 0.4) is 0 Å². The Kier molecular flexibility index (Phi) is 20.7. The van der Waals surface area contributed by atoms with Gasteiger partial charge in [0.15, 0.2) is 0 Å². The number of nitrogens with zero attached hydrogens (tertiary/aromatic N) is 6. The van der Waals surface area contributed by atoms with Gasteiger partial charge in [0.25, 0.3) is 11.8 Å². The van der Waals surface area contributed by atoms with Crippen LogP contribution >= 0.6 is 33.2 Å². The molecule has 440 valence electrons. The van der Waals surface area contributed by atoms with Crippen molar-refractivity contribution in [2.24, 2.45) is 0 Å². The predicted octanol–water partition coefficient (Wildman–Crippen LogP) is 8.18. The Balaban J connectivity index is 0.808. The van der Waals surface area contributed by atoms with E-state index in [0.717, 1.165) is 61.6 Å². The summed E-state index contributed by atoms with van der Waals surface area (Å²) in [5.74, 6) is -5.73. The largest absolute Gasteiger partial charge is 0.480 e. The summed E-state index contributed by atoms with van der Waals surface area (Å²) in [6.45, 7) is 2.08. The van der Waals surface area contributed by atoms with Gasteiger partial charge in [-0.25, -0.2) is 18.6 Å². The molecule has 0 saturated carbocycles. The minimum Gasteiger partial charge on any atom is -0.480 e. The van der Waals surface area contributed by atoms with Crippen LogP contribution in [0, 0.1) is 25.2 Å². The average molecular weight is 1210 g/mol. The summed E-state index contributed by atoms with van der Waals surface area (Å²) in [6, 6.07) is 25.1. The number of alkyl carbamates (subject to hydrolysis) is 1. The normalized spacial score (nSPS) is 13.7. The van der Waals surface area contributed by atoms with Gasteiger partial charge >= 0.3 is 6.09 Å². The van der Waals surface area contributed by atoms with Crippen molar-refractivity contribution < 1.29 is 47.0 Å². The number of hydrogen-bond acceptors (Lipinski definition) is 17. The lowest BCUT2D eigenvalue weighted by molar-refractivity contribution is -0.131. The van der Waals surface area contributed by atoms with Crippen LogP contribution in [-0.4, -0.2) is 117 Å². The Labute approximate surface area is 500 Å². The number of ether oxygens (including phenoxy) is 2. The van der Waals surface area contributed by atoms with E-state index in [1.165, 1.54) is 34.8 Å². The summed E-state index contributed by atoms with van der Waals surface area (Å²) in [5, 5.41) is 23.3. The summed E-state index contributed by atoms with van der Waals surface area (Å²) in [6.07, 6.45) is 4.23. The zero-order valence-corrected chi connectivity index (χ0v) is 48.6. The number of fused-ring (bicyclic) bond motifs is 1. The van der Waals surface area contributed by atoms with Crippen molar-refractivity contribution in [1.29, 1.82) is 5.26 Å². The van der Waals surface area contributed by atoms with Crippen LogP contribution in [0.2, 0.25) is 5.02 Å². The highest BCUT2D eigenvalue weighted by atomic mass is 35.5. The zero-order chi connectivity index (χ0) is 60.8. The Morgan fingerprint density at radius 2 is 1.52 bits per heavy atom. The number of halogens is 3. The molecule has 2 atom stereocenters. The summed E-state index contributed by atoms with van der Waals surface area (Å²) in [4.78, 5) is 96.8. The molecule has 6 amide bonds. The minimum atomic E-state index is -3.23. The number of pyridine rings is 4. The number of nitrogens with two attached hydrogens (primary N) is 2. The van der Waals surface area contributed by atoms with Crippen molar-refractivity contribution in [2.75, 3.05) is 55.0 Å². The summed E-state index contributed by atoms with van der Waals surface area (Å²) < 4.78 is 38.4. The number of nitrogen functional groups attached to an aromatic ring is 2. The van der Waals surface area contributed by atoms with Gasteiger partial charge in [-0.3, -0.25) is 38.9 Å². The fraction of sp³-hybridized carbons (Fsp3) is 0.271. The predicted molar refractivity (Wildman–Crippen MR) is 322 cm³/mol. The van der Waals surface area contributed by atoms with Crippen LogP contribution in [0.25, 0.3) is 44.3 Å². The number of alkyl halides is 2. The molecule has 1 unspecified atom stereocenters. The van der Waals surface area contributed by atoms with Gasteiger partial charge in [0.2, 0.25) is 29.5 Å². The summed E-state index contributed by atoms with van der Waals surface area (Å²) >= 11 is 6.20. The molecule has 0 radical (unpaired) electrons. The number of anilines is 3. The quantitative estimate of drug-likeness (QED) is 0.0180. The number of methoxy groups -OCH3 is 1. The third kappa shape index (κ3) is 16.6. The fourth-order valence-electron chi connectivity index (χ4n) is 8.92. The molecule has 0 bridgehead atoms. The molecule has 85 heavy (non-hydrogen) atoms. The molecular weight excluding hydrogens is 1160 g/mol. The number of amides is 6. The molecule has 7 aromatic rings. The molecule has 1 fully saturated rings. The van der Waals surface area contributed by atoms with E-state index in [2.05, 4.69) is 46.5 Å². The highest BCUT2D eigenvalue weighted by Gasteiger charge is 2.47. The SMILES string of the molecule is COc1ncc(-c2ccc3nccc(-c4ccc(COC(=O)NCCSSCC(NC(=O)CCC(=O)NCc5cc(C(=O)NCC(=O)N6CC(F)(F)C[C@H]6C#N)c(Cl)cn5)C(=O)Nc5ccc(-c6ccc(N)c(C)c6)cc5C)nc4)c3c2)cc1N. The van der Waals surface area contributed by atoms with Crippen LogP contribution in [-0.2, 0) is 37.1 Å². The number of aryl methyl sites for hydroxylation is 2. The molecule has 21 nitrogen and oxygen atoms in total. The number of nitrogens with one attached hydrogen (secondary N) is 5. The zero-order valence-electron chi connectivity index (χ0n) is 46.2. The van der Waals surface area contributed by atoms with Gasteiger partial charge in [-0.15, -0.1) is 0 Å². The average Bonchev–Trinajstić information content (AvgIpc) is 3.08. The first-order valence-corrected chi connectivity index (χ1v) is 29.3. The van der Waals surface area contributed by atoms with Crippen LogP contribution < -0.4 is 42.8 Å². The lowest BCUT2D eigenvalue weighted by Crippen LogP contribution is -2.45. The number of hydrogen-bond donors (Lipinski definition) is 7. The van der Waals surface area contributed by atoms with Gasteiger partial charge in [0.05, 0.1) is 66.0 Å². The van der Waals surface area contributed by atoms with Crippen molar-refractivity contribution in [3.05, 3.63) is 143 Å². The summed E-state index contributed by atoms with van der Waals surface area (Å²) in [5.41, 5.74) is 22.1. The number of aromatic nitrogens is 4. The molecule has 1 aliphatic rings. The van der Waals surface area contributed by atoms with Crippen molar-refractivity contribution in [3.63, 3.8) is 0 Å². The molecule has 5 heterocycles. The van der Waals surface area contributed by atoms with Crippen molar-refractivity contribution >= 4 is 96.8 Å². The first kappa shape index (κ1) is 61.9. The minimum absolute atomic E-state index is 0.0856. The number of carbonyl (C=O) groups is 6. The van der Waals surface area contributed by atoms with Crippen LogP contribution in [0.15, 0.2) is 110 Å². The third-order valence-corrected chi connectivity index (χ3v) is 16.2.